The van der Waals surface area contributed by atoms with E-state index in [1.54, 1.807) is 12.1 Å². The Kier molecular flexibility index (Phi) is 4.36. The molecule has 2 bridgehead atoms. The highest BCUT2D eigenvalue weighted by Gasteiger charge is 2.42. The lowest BCUT2D eigenvalue weighted by Crippen LogP contribution is -2.59. The number of anilines is 1. The van der Waals surface area contributed by atoms with Crippen molar-refractivity contribution in [1.82, 2.24) is 10.2 Å². The number of nitrogens with one attached hydrogen (secondary N) is 2. The van der Waals surface area contributed by atoms with Crippen LogP contribution in [0.4, 0.5) is 14.9 Å². The third-order valence-corrected chi connectivity index (χ3v) is 5.58. The van der Waals surface area contributed by atoms with Gasteiger partial charge in [0.1, 0.15) is 5.82 Å². The number of halogens is 1. The molecule has 0 spiro atoms. The van der Waals surface area contributed by atoms with Crippen LogP contribution in [0.2, 0.25) is 0 Å². The van der Waals surface area contributed by atoms with Crippen LogP contribution in [-0.4, -0.2) is 35.0 Å². The summed E-state index contributed by atoms with van der Waals surface area (Å²) in [5, 5.41) is 6.00. The number of nitrogens with zero attached hydrogens (tertiary/aromatic N) is 1. The van der Waals surface area contributed by atoms with E-state index in [-0.39, 0.29) is 41.8 Å². The Morgan fingerprint density at radius 2 is 1.80 bits per heavy atom. The van der Waals surface area contributed by atoms with E-state index in [1.807, 2.05) is 4.90 Å². The molecule has 3 amide bonds. The number of amides is 3. The number of benzene rings is 1. The summed E-state index contributed by atoms with van der Waals surface area (Å²) in [4.78, 5) is 26.7. The monoisotopic (exact) mass is 345 g/mol. The molecule has 2 N–H and O–H groups in total. The smallest absolute Gasteiger partial charge is 0.322 e. The van der Waals surface area contributed by atoms with Crippen LogP contribution in [-0.2, 0) is 4.79 Å². The van der Waals surface area contributed by atoms with Gasteiger partial charge in [-0.15, -0.1) is 0 Å². The molecule has 5 nitrogen and oxygen atoms in total. The molecule has 1 aromatic carbocycles. The Labute approximate surface area is 147 Å². The summed E-state index contributed by atoms with van der Waals surface area (Å²) in [6, 6.07) is 6.27. The van der Waals surface area contributed by atoms with Crippen molar-refractivity contribution < 1.29 is 14.0 Å². The fourth-order valence-corrected chi connectivity index (χ4v) is 4.25. The van der Waals surface area contributed by atoms with Gasteiger partial charge in [-0.2, -0.15) is 0 Å². The van der Waals surface area contributed by atoms with Crippen LogP contribution in [0.25, 0.3) is 0 Å². The SMILES string of the molecule is O=C(NC1C[C@@H]2CCC[C@@H](C1)N2C(=O)Nc1cccc(F)c1)C1CC1. The maximum Gasteiger partial charge on any atom is 0.322 e. The summed E-state index contributed by atoms with van der Waals surface area (Å²) in [6.45, 7) is 0. The molecular weight excluding hydrogens is 321 g/mol. The van der Waals surface area contributed by atoms with Crippen LogP contribution in [0.1, 0.15) is 44.9 Å². The number of urea groups is 1. The number of rotatable bonds is 3. The predicted octanol–water partition coefficient (Wildman–Crippen LogP) is 3.27. The molecule has 0 unspecified atom stereocenters. The van der Waals surface area contributed by atoms with Crippen LogP contribution in [0.15, 0.2) is 24.3 Å². The highest BCUT2D eigenvalue weighted by molar-refractivity contribution is 5.90. The second kappa shape index (κ2) is 6.65. The summed E-state index contributed by atoms with van der Waals surface area (Å²) in [5.74, 6) is 0.0365. The van der Waals surface area contributed by atoms with Crippen LogP contribution in [0.5, 0.6) is 0 Å². The highest BCUT2D eigenvalue weighted by atomic mass is 19.1. The molecule has 4 rings (SSSR count). The van der Waals surface area contributed by atoms with Crippen molar-refractivity contribution in [3.8, 4) is 0 Å². The van der Waals surface area contributed by atoms with Gasteiger partial charge in [-0.25, -0.2) is 9.18 Å². The number of fused-ring (bicyclic) bond motifs is 2. The van der Waals surface area contributed by atoms with Crippen molar-refractivity contribution in [2.75, 3.05) is 5.32 Å². The van der Waals surface area contributed by atoms with Gasteiger partial charge in [0.15, 0.2) is 0 Å². The maximum absolute atomic E-state index is 13.3. The molecule has 2 heterocycles. The Balaban J connectivity index is 1.41. The molecule has 3 fully saturated rings. The first-order valence-electron chi connectivity index (χ1n) is 9.25. The average Bonchev–Trinajstić information content (AvgIpc) is 3.38. The van der Waals surface area contributed by atoms with Gasteiger partial charge < -0.3 is 15.5 Å². The van der Waals surface area contributed by atoms with Crippen molar-refractivity contribution in [2.45, 2.75) is 63.1 Å². The van der Waals surface area contributed by atoms with Gasteiger partial charge >= 0.3 is 6.03 Å². The Morgan fingerprint density at radius 1 is 1.08 bits per heavy atom. The highest BCUT2D eigenvalue weighted by Crippen LogP contribution is 2.35. The Bertz CT molecular complexity index is 662. The molecule has 2 atom stereocenters. The molecule has 2 saturated heterocycles. The minimum atomic E-state index is -0.362. The molecule has 0 aromatic heterocycles. The van der Waals surface area contributed by atoms with Crippen LogP contribution in [0, 0.1) is 11.7 Å². The van der Waals surface area contributed by atoms with E-state index in [1.165, 1.54) is 12.1 Å². The van der Waals surface area contributed by atoms with Crippen molar-refractivity contribution in [3.63, 3.8) is 0 Å². The standard InChI is InChI=1S/C19H24FN3O2/c20-13-3-1-4-14(9-13)22-19(25)23-16-5-2-6-17(23)11-15(10-16)21-18(24)12-7-8-12/h1,3-4,9,12,15-17H,2,5-8,10-11H2,(H,21,24)(H,22,25)/t16-,17-/m0/s1. The number of carbonyl (C=O) groups is 2. The van der Waals surface area contributed by atoms with Gasteiger partial charge in [0, 0.05) is 29.7 Å². The van der Waals surface area contributed by atoms with Gasteiger partial charge in [0.2, 0.25) is 5.91 Å². The summed E-state index contributed by atoms with van der Waals surface area (Å²) in [5.41, 5.74) is 0.479. The number of carbonyl (C=O) groups excluding carboxylic acids is 2. The quantitative estimate of drug-likeness (QED) is 0.883. The van der Waals surface area contributed by atoms with Crippen LogP contribution < -0.4 is 10.6 Å². The third-order valence-electron chi connectivity index (χ3n) is 5.58. The number of hydrogen-bond acceptors (Lipinski definition) is 2. The summed E-state index contributed by atoms with van der Waals surface area (Å²) in [6.07, 6.45) is 6.67. The third kappa shape index (κ3) is 3.62. The lowest BCUT2D eigenvalue weighted by Gasteiger charge is -2.48. The molecule has 1 aliphatic carbocycles. The lowest BCUT2D eigenvalue weighted by atomic mass is 9.82. The molecular formula is C19H24FN3O2. The van der Waals surface area contributed by atoms with E-state index in [9.17, 15) is 14.0 Å². The zero-order chi connectivity index (χ0) is 17.4. The molecule has 3 aliphatic rings. The van der Waals surface area contributed by atoms with Gasteiger partial charge in [0.05, 0.1) is 0 Å². The second-order valence-electron chi connectivity index (χ2n) is 7.54. The van der Waals surface area contributed by atoms with Crippen LogP contribution in [0.3, 0.4) is 0 Å². The fraction of sp³-hybridized carbons (Fsp3) is 0.579. The minimum Gasteiger partial charge on any atom is -0.353 e. The molecule has 134 valence electrons. The Hall–Kier alpha value is -2.11. The van der Waals surface area contributed by atoms with Gasteiger partial charge in [0.25, 0.3) is 0 Å². The van der Waals surface area contributed by atoms with E-state index >= 15 is 0 Å². The predicted molar refractivity (Wildman–Crippen MR) is 92.6 cm³/mol. The lowest BCUT2D eigenvalue weighted by molar-refractivity contribution is -0.123. The van der Waals surface area contributed by atoms with Crippen molar-refractivity contribution in [2.24, 2.45) is 5.92 Å². The van der Waals surface area contributed by atoms with Crippen molar-refractivity contribution >= 4 is 17.6 Å². The van der Waals surface area contributed by atoms with Crippen molar-refractivity contribution in [1.29, 1.82) is 0 Å². The summed E-state index contributed by atoms with van der Waals surface area (Å²) >= 11 is 0. The van der Waals surface area contributed by atoms with E-state index < -0.39 is 0 Å². The zero-order valence-electron chi connectivity index (χ0n) is 14.2. The van der Waals surface area contributed by atoms with E-state index in [0.29, 0.717) is 5.69 Å². The van der Waals surface area contributed by atoms with Gasteiger partial charge in [-0.1, -0.05) is 6.07 Å². The molecule has 6 heteroatoms. The normalized spacial score (nSPS) is 28.4. The first-order valence-corrected chi connectivity index (χ1v) is 9.25. The Morgan fingerprint density at radius 3 is 2.44 bits per heavy atom. The summed E-state index contributed by atoms with van der Waals surface area (Å²) in [7, 11) is 0. The minimum absolute atomic E-state index is 0.144. The average molecular weight is 345 g/mol. The number of hydrogen-bond donors (Lipinski definition) is 2. The number of piperidine rings is 2. The molecule has 1 aromatic rings. The fourth-order valence-electron chi connectivity index (χ4n) is 4.25. The molecule has 2 aliphatic heterocycles. The maximum atomic E-state index is 13.3. The molecule has 1 saturated carbocycles. The topological polar surface area (TPSA) is 61.4 Å². The van der Waals surface area contributed by atoms with Crippen molar-refractivity contribution in [3.05, 3.63) is 30.1 Å². The van der Waals surface area contributed by atoms with Gasteiger partial charge in [-0.05, 0) is 63.1 Å². The van der Waals surface area contributed by atoms with E-state index in [0.717, 1.165) is 44.9 Å². The molecule has 25 heavy (non-hydrogen) atoms. The van der Waals surface area contributed by atoms with Gasteiger partial charge in [-0.3, -0.25) is 4.79 Å². The zero-order valence-corrected chi connectivity index (χ0v) is 14.2. The first-order chi connectivity index (χ1) is 12.1. The first kappa shape index (κ1) is 16.4. The summed E-state index contributed by atoms with van der Waals surface area (Å²) < 4.78 is 13.3. The van der Waals surface area contributed by atoms with Crippen LogP contribution >= 0.6 is 0 Å². The van der Waals surface area contributed by atoms with E-state index in [2.05, 4.69) is 10.6 Å². The molecule has 0 radical (unpaired) electrons. The second-order valence-corrected chi connectivity index (χ2v) is 7.54. The largest absolute Gasteiger partial charge is 0.353 e. The van der Waals surface area contributed by atoms with E-state index in [4.69, 9.17) is 0 Å².